The summed E-state index contributed by atoms with van der Waals surface area (Å²) in [7, 11) is 1.95. The van der Waals surface area contributed by atoms with Crippen LogP contribution in [0.5, 0.6) is 0 Å². The Hall–Kier alpha value is -2.50. The molecular formula is C17H21N5O. The topological polar surface area (TPSA) is 63.9 Å². The van der Waals surface area contributed by atoms with Gasteiger partial charge in [-0.3, -0.25) is 4.79 Å². The average Bonchev–Trinajstić information content (AvgIpc) is 3.14. The predicted octanol–water partition coefficient (Wildman–Crippen LogP) is 2.08. The van der Waals surface area contributed by atoms with Crippen LogP contribution in [-0.2, 0) is 11.8 Å². The van der Waals surface area contributed by atoms with Crippen LogP contribution in [0.2, 0.25) is 0 Å². The monoisotopic (exact) mass is 311 g/mol. The molecule has 0 spiro atoms. The number of amides is 1. The lowest BCUT2D eigenvalue weighted by molar-refractivity contribution is -0.126. The summed E-state index contributed by atoms with van der Waals surface area (Å²) in [4.78, 5) is 27.5. The number of rotatable bonds is 3. The standard InChI is InChI=1S/C17H21N5O/c1-11(2)17(23)22-7-5-13(10-22)15-19-12(3)9-14(20-15)16-18-6-8-21(16)4/h6,8-9,13H,1,5,7,10H2,2-4H3. The molecule has 1 aliphatic rings. The molecule has 0 saturated carbocycles. The number of carbonyl (C=O) groups excluding carboxylic acids is 1. The molecule has 0 bridgehead atoms. The van der Waals surface area contributed by atoms with Crippen molar-refractivity contribution in [1.29, 1.82) is 0 Å². The number of nitrogens with zero attached hydrogens (tertiary/aromatic N) is 5. The van der Waals surface area contributed by atoms with Crippen LogP contribution in [0.15, 0.2) is 30.6 Å². The van der Waals surface area contributed by atoms with Crippen molar-refractivity contribution < 1.29 is 4.79 Å². The van der Waals surface area contributed by atoms with Gasteiger partial charge in [-0.05, 0) is 26.3 Å². The van der Waals surface area contributed by atoms with Crippen molar-refractivity contribution in [3.8, 4) is 11.5 Å². The van der Waals surface area contributed by atoms with Gasteiger partial charge in [0, 0.05) is 49.7 Å². The Labute approximate surface area is 135 Å². The van der Waals surface area contributed by atoms with Crippen molar-refractivity contribution in [2.45, 2.75) is 26.2 Å². The highest BCUT2D eigenvalue weighted by Gasteiger charge is 2.29. The maximum absolute atomic E-state index is 12.1. The molecule has 3 heterocycles. The molecule has 1 fully saturated rings. The Bertz CT molecular complexity index is 764. The maximum Gasteiger partial charge on any atom is 0.248 e. The molecule has 6 nitrogen and oxygen atoms in total. The molecule has 0 N–H and O–H groups in total. The van der Waals surface area contributed by atoms with Crippen molar-refractivity contribution in [3.05, 3.63) is 42.1 Å². The SMILES string of the molecule is C=C(C)C(=O)N1CCC(c2nc(C)cc(-c3nccn3C)n2)C1. The molecule has 1 atom stereocenters. The number of likely N-dealkylation sites (tertiary alicyclic amines) is 1. The van der Waals surface area contributed by atoms with Gasteiger partial charge < -0.3 is 9.47 Å². The van der Waals surface area contributed by atoms with Crippen molar-refractivity contribution >= 4 is 5.91 Å². The minimum atomic E-state index is 0.0180. The molecule has 0 aliphatic carbocycles. The van der Waals surface area contributed by atoms with Crippen LogP contribution in [0.4, 0.5) is 0 Å². The number of hydrogen-bond donors (Lipinski definition) is 0. The van der Waals surface area contributed by atoms with Crippen LogP contribution in [-0.4, -0.2) is 43.4 Å². The van der Waals surface area contributed by atoms with Crippen LogP contribution in [0.25, 0.3) is 11.5 Å². The average molecular weight is 311 g/mol. The van der Waals surface area contributed by atoms with Crippen LogP contribution in [0.3, 0.4) is 0 Å². The zero-order valence-corrected chi connectivity index (χ0v) is 13.8. The fourth-order valence-electron chi connectivity index (χ4n) is 2.93. The molecule has 120 valence electrons. The highest BCUT2D eigenvalue weighted by Crippen LogP contribution is 2.27. The molecule has 3 rings (SSSR count). The van der Waals surface area contributed by atoms with Crippen LogP contribution >= 0.6 is 0 Å². The van der Waals surface area contributed by atoms with E-state index in [1.165, 1.54) is 0 Å². The predicted molar refractivity (Wildman–Crippen MR) is 87.7 cm³/mol. The van der Waals surface area contributed by atoms with Gasteiger partial charge in [0.05, 0.1) is 0 Å². The molecule has 1 amide bonds. The van der Waals surface area contributed by atoms with Crippen LogP contribution < -0.4 is 0 Å². The quantitative estimate of drug-likeness (QED) is 0.814. The fraction of sp³-hybridized carbons (Fsp3) is 0.412. The number of carbonyl (C=O) groups is 1. The van der Waals surface area contributed by atoms with Gasteiger partial charge in [0.1, 0.15) is 11.5 Å². The van der Waals surface area contributed by atoms with E-state index in [-0.39, 0.29) is 11.8 Å². The summed E-state index contributed by atoms with van der Waals surface area (Å²) in [5.41, 5.74) is 2.31. The van der Waals surface area contributed by atoms with Gasteiger partial charge in [-0.15, -0.1) is 0 Å². The Morgan fingerprint density at radius 2 is 2.17 bits per heavy atom. The second kappa shape index (κ2) is 5.95. The molecule has 2 aromatic rings. The van der Waals surface area contributed by atoms with Gasteiger partial charge in [-0.1, -0.05) is 6.58 Å². The minimum absolute atomic E-state index is 0.0180. The van der Waals surface area contributed by atoms with Crippen molar-refractivity contribution in [2.75, 3.05) is 13.1 Å². The first-order valence-corrected chi connectivity index (χ1v) is 7.73. The lowest BCUT2D eigenvalue weighted by Gasteiger charge is -2.16. The van der Waals surface area contributed by atoms with Crippen molar-refractivity contribution in [1.82, 2.24) is 24.4 Å². The van der Waals surface area contributed by atoms with Crippen LogP contribution in [0, 0.1) is 6.92 Å². The van der Waals surface area contributed by atoms with E-state index in [4.69, 9.17) is 4.98 Å². The Morgan fingerprint density at radius 3 is 2.83 bits per heavy atom. The van der Waals surface area contributed by atoms with Crippen molar-refractivity contribution in [2.24, 2.45) is 7.05 Å². The van der Waals surface area contributed by atoms with E-state index in [1.807, 2.05) is 35.7 Å². The third-order valence-corrected chi connectivity index (χ3v) is 4.13. The van der Waals surface area contributed by atoms with Gasteiger partial charge in [-0.2, -0.15) is 0 Å². The molecule has 1 unspecified atom stereocenters. The zero-order valence-electron chi connectivity index (χ0n) is 13.8. The normalized spacial score (nSPS) is 17.5. The summed E-state index contributed by atoms with van der Waals surface area (Å²) < 4.78 is 1.94. The fourth-order valence-corrected chi connectivity index (χ4v) is 2.93. The summed E-state index contributed by atoms with van der Waals surface area (Å²) >= 11 is 0. The highest BCUT2D eigenvalue weighted by atomic mass is 16.2. The lowest BCUT2D eigenvalue weighted by atomic mass is 10.1. The second-order valence-electron chi connectivity index (χ2n) is 6.13. The number of aryl methyl sites for hydroxylation is 2. The second-order valence-corrected chi connectivity index (χ2v) is 6.13. The molecule has 0 aromatic carbocycles. The Kier molecular flexibility index (Phi) is 3.98. The van der Waals surface area contributed by atoms with E-state index in [9.17, 15) is 4.79 Å². The molecule has 23 heavy (non-hydrogen) atoms. The van der Waals surface area contributed by atoms with E-state index < -0.39 is 0 Å². The number of aromatic nitrogens is 4. The summed E-state index contributed by atoms with van der Waals surface area (Å²) in [5.74, 6) is 1.80. The largest absolute Gasteiger partial charge is 0.338 e. The van der Waals surface area contributed by atoms with Gasteiger partial charge in [0.2, 0.25) is 5.91 Å². The first-order valence-electron chi connectivity index (χ1n) is 7.73. The lowest BCUT2D eigenvalue weighted by Crippen LogP contribution is -2.28. The molecule has 6 heteroatoms. The summed E-state index contributed by atoms with van der Waals surface area (Å²) in [6.07, 6.45) is 4.53. The summed E-state index contributed by atoms with van der Waals surface area (Å²) in [6.45, 7) is 8.82. The van der Waals surface area contributed by atoms with E-state index in [0.29, 0.717) is 12.1 Å². The molecule has 0 radical (unpaired) electrons. The third-order valence-electron chi connectivity index (χ3n) is 4.13. The molecule has 1 aliphatic heterocycles. The van der Waals surface area contributed by atoms with Gasteiger partial charge >= 0.3 is 0 Å². The molecular weight excluding hydrogens is 290 g/mol. The Balaban J connectivity index is 1.87. The smallest absolute Gasteiger partial charge is 0.248 e. The van der Waals surface area contributed by atoms with Crippen molar-refractivity contribution in [3.63, 3.8) is 0 Å². The zero-order chi connectivity index (χ0) is 16.6. The third kappa shape index (κ3) is 3.02. The Morgan fingerprint density at radius 1 is 1.39 bits per heavy atom. The highest BCUT2D eigenvalue weighted by molar-refractivity contribution is 5.92. The van der Waals surface area contributed by atoms with Gasteiger partial charge in [0.15, 0.2) is 5.82 Å². The van der Waals surface area contributed by atoms with E-state index in [1.54, 1.807) is 13.1 Å². The summed E-state index contributed by atoms with van der Waals surface area (Å²) in [5, 5.41) is 0. The first kappa shape index (κ1) is 15.4. The first-order chi connectivity index (χ1) is 11.0. The van der Waals surface area contributed by atoms with E-state index in [2.05, 4.69) is 16.5 Å². The summed E-state index contributed by atoms with van der Waals surface area (Å²) in [6, 6.07) is 1.94. The van der Waals surface area contributed by atoms with E-state index in [0.717, 1.165) is 36.0 Å². The van der Waals surface area contributed by atoms with Gasteiger partial charge in [0.25, 0.3) is 0 Å². The van der Waals surface area contributed by atoms with Gasteiger partial charge in [-0.25, -0.2) is 15.0 Å². The number of imidazole rings is 1. The number of hydrogen-bond acceptors (Lipinski definition) is 4. The maximum atomic E-state index is 12.1. The molecule has 2 aromatic heterocycles. The van der Waals surface area contributed by atoms with E-state index >= 15 is 0 Å². The molecule has 1 saturated heterocycles. The van der Waals surface area contributed by atoms with Crippen LogP contribution in [0.1, 0.15) is 30.8 Å². The minimum Gasteiger partial charge on any atom is -0.338 e.